The van der Waals surface area contributed by atoms with Crippen LogP contribution < -0.4 is 0 Å². The molecule has 1 aromatic rings. The van der Waals surface area contributed by atoms with Gasteiger partial charge in [0.2, 0.25) is 11.2 Å². The van der Waals surface area contributed by atoms with E-state index in [0.29, 0.717) is 17.9 Å². The second-order valence-electron chi connectivity index (χ2n) is 4.47. The number of amides is 1. The van der Waals surface area contributed by atoms with Gasteiger partial charge < -0.3 is 9.47 Å². The Hall–Kier alpha value is -1.03. The number of hydrogen-bond acceptors (Lipinski definition) is 2. The van der Waals surface area contributed by atoms with Crippen molar-refractivity contribution in [3.63, 3.8) is 0 Å². The highest BCUT2D eigenvalue weighted by molar-refractivity contribution is 6.28. The molecule has 1 atom stereocenters. The van der Waals surface area contributed by atoms with E-state index in [0.717, 1.165) is 25.8 Å². The van der Waals surface area contributed by atoms with Gasteiger partial charge in [-0.2, -0.15) is 0 Å². The highest BCUT2D eigenvalue weighted by Crippen LogP contribution is 2.20. The molecule has 2 heterocycles. The maximum Gasteiger partial charge on any atom is 0.242 e. The molecule has 0 radical (unpaired) electrons. The third-order valence-corrected chi connectivity index (χ3v) is 3.70. The van der Waals surface area contributed by atoms with Crippen molar-refractivity contribution in [2.24, 2.45) is 0 Å². The summed E-state index contributed by atoms with van der Waals surface area (Å²) in [7, 11) is 0. The first kappa shape index (κ1) is 12.4. The van der Waals surface area contributed by atoms with Crippen LogP contribution in [0.5, 0.6) is 0 Å². The quantitative estimate of drug-likeness (QED) is 0.832. The van der Waals surface area contributed by atoms with Crippen LogP contribution in [0.3, 0.4) is 0 Å². The van der Waals surface area contributed by atoms with Crippen molar-refractivity contribution in [1.82, 2.24) is 14.5 Å². The van der Waals surface area contributed by atoms with Crippen molar-refractivity contribution < 1.29 is 4.79 Å². The van der Waals surface area contributed by atoms with Gasteiger partial charge >= 0.3 is 0 Å². The summed E-state index contributed by atoms with van der Waals surface area (Å²) in [5.74, 6) is 0.149. The SMILES string of the molecule is CCC1CCCCN1C(=O)Cn1ccnc1Cl. The Bertz CT molecular complexity index is 391. The normalized spacial score (nSPS) is 20.6. The van der Waals surface area contributed by atoms with Gasteiger partial charge in [-0.25, -0.2) is 4.98 Å². The summed E-state index contributed by atoms with van der Waals surface area (Å²) >= 11 is 5.87. The first-order valence-electron chi connectivity index (χ1n) is 6.18. The van der Waals surface area contributed by atoms with Crippen molar-refractivity contribution >= 4 is 17.5 Å². The fraction of sp³-hybridized carbons (Fsp3) is 0.667. The number of carbonyl (C=O) groups excluding carboxylic acids is 1. The standard InChI is InChI=1S/C12H18ClN3O/c1-2-10-5-3-4-7-16(10)11(17)9-15-8-6-14-12(15)13/h6,8,10H,2-5,7,9H2,1H3. The third kappa shape index (κ3) is 2.80. The summed E-state index contributed by atoms with van der Waals surface area (Å²) in [5.41, 5.74) is 0. The minimum absolute atomic E-state index is 0.149. The van der Waals surface area contributed by atoms with E-state index in [1.807, 2.05) is 4.90 Å². The third-order valence-electron chi connectivity index (χ3n) is 3.39. The van der Waals surface area contributed by atoms with Gasteiger partial charge in [0.05, 0.1) is 0 Å². The van der Waals surface area contributed by atoms with E-state index in [2.05, 4.69) is 11.9 Å². The van der Waals surface area contributed by atoms with Crippen LogP contribution in [-0.4, -0.2) is 32.9 Å². The molecular weight excluding hydrogens is 238 g/mol. The fourth-order valence-electron chi connectivity index (χ4n) is 2.42. The Morgan fingerprint density at radius 1 is 1.59 bits per heavy atom. The molecule has 2 rings (SSSR count). The van der Waals surface area contributed by atoms with Gasteiger partial charge in [0.1, 0.15) is 6.54 Å². The van der Waals surface area contributed by atoms with E-state index in [-0.39, 0.29) is 5.91 Å². The van der Waals surface area contributed by atoms with Crippen LogP contribution in [0, 0.1) is 0 Å². The minimum atomic E-state index is 0.149. The van der Waals surface area contributed by atoms with Gasteiger partial charge in [-0.15, -0.1) is 0 Å². The first-order valence-corrected chi connectivity index (χ1v) is 6.56. The van der Waals surface area contributed by atoms with E-state index in [1.165, 1.54) is 6.42 Å². The fourth-order valence-corrected chi connectivity index (χ4v) is 2.59. The average molecular weight is 256 g/mol. The van der Waals surface area contributed by atoms with Crippen LogP contribution >= 0.6 is 11.6 Å². The lowest BCUT2D eigenvalue weighted by Gasteiger charge is -2.35. The zero-order valence-electron chi connectivity index (χ0n) is 10.1. The summed E-state index contributed by atoms with van der Waals surface area (Å²) in [6, 6.07) is 0.401. The number of imidazole rings is 1. The number of hydrogen-bond donors (Lipinski definition) is 0. The Labute approximate surface area is 107 Å². The summed E-state index contributed by atoms with van der Waals surface area (Å²) < 4.78 is 1.69. The second-order valence-corrected chi connectivity index (χ2v) is 4.81. The molecule has 17 heavy (non-hydrogen) atoms. The van der Waals surface area contributed by atoms with Crippen molar-refractivity contribution in [3.05, 3.63) is 17.7 Å². The Morgan fingerprint density at radius 3 is 3.06 bits per heavy atom. The van der Waals surface area contributed by atoms with Crippen LogP contribution in [0.25, 0.3) is 0 Å². The second kappa shape index (κ2) is 5.54. The van der Waals surface area contributed by atoms with Crippen molar-refractivity contribution in [3.8, 4) is 0 Å². The summed E-state index contributed by atoms with van der Waals surface area (Å²) in [6.45, 7) is 3.32. The maximum absolute atomic E-state index is 12.2. The summed E-state index contributed by atoms with van der Waals surface area (Å²) in [4.78, 5) is 18.1. The van der Waals surface area contributed by atoms with E-state index >= 15 is 0 Å². The zero-order chi connectivity index (χ0) is 12.3. The molecule has 1 aliphatic heterocycles. The first-order chi connectivity index (χ1) is 8.22. The Balaban J connectivity index is 2.01. The molecule has 0 aliphatic carbocycles. The molecule has 1 unspecified atom stereocenters. The van der Waals surface area contributed by atoms with Crippen molar-refractivity contribution in [2.75, 3.05) is 6.54 Å². The molecule has 1 saturated heterocycles. The molecule has 0 N–H and O–H groups in total. The number of carbonyl (C=O) groups is 1. The molecule has 94 valence electrons. The van der Waals surface area contributed by atoms with Crippen LogP contribution in [0.1, 0.15) is 32.6 Å². The average Bonchev–Trinajstić information content (AvgIpc) is 2.75. The summed E-state index contributed by atoms with van der Waals surface area (Å²) in [5, 5.41) is 0.378. The molecular formula is C12H18ClN3O. The minimum Gasteiger partial charge on any atom is -0.338 e. The number of aromatic nitrogens is 2. The van der Waals surface area contributed by atoms with E-state index < -0.39 is 0 Å². The van der Waals surface area contributed by atoms with Gasteiger partial charge in [-0.1, -0.05) is 6.92 Å². The molecule has 0 saturated carbocycles. The van der Waals surface area contributed by atoms with E-state index in [4.69, 9.17) is 11.6 Å². The molecule has 0 bridgehead atoms. The number of piperidine rings is 1. The monoisotopic (exact) mass is 255 g/mol. The lowest BCUT2D eigenvalue weighted by atomic mass is 10.00. The lowest BCUT2D eigenvalue weighted by Crippen LogP contribution is -2.44. The number of halogens is 1. The van der Waals surface area contributed by atoms with Crippen LogP contribution in [0.15, 0.2) is 12.4 Å². The predicted octanol–water partition coefficient (Wildman–Crippen LogP) is 2.33. The van der Waals surface area contributed by atoms with Gasteiger partial charge in [0, 0.05) is 25.0 Å². The van der Waals surface area contributed by atoms with Crippen molar-refractivity contribution in [2.45, 2.75) is 45.2 Å². The molecule has 1 amide bonds. The molecule has 4 nitrogen and oxygen atoms in total. The highest BCUT2D eigenvalue weighted by Gasteiger charge is 2.25. The number of nitrogens with zero attached hydrogens (tertiary/aromatic N) is 3. The van der Waals surface area contributed by atoms with Gasteiger partial charge in [-0.3, -0.25) is 4.79 Å². The maximum atomic E-state index is 12.2. The highest BCUT2D eigenvalue weighted by atomic mass is 35.5. The molecule has 0 spiro atoms. The lowest BCUT2D eigenvalue weighted by molar-refractivity contribution is -0.135. The number of rotatable bonds is 3. The van der Waals surface area contributed by atoms with Gasteiger partial charge in [0.15, 0.2) is 0 Å². The zero-order valence-corrected chi connectivity index (χ0v) is 10.9. The van der Waals surface area contributed by atoms with E-state index in [1.54, 1.807) is 17.0 Å². The van der Waals surface area contributed by atoms with Crippen LogP contribution in [0.4, 0.5) is 0 Å². The molecule has 5 heteroatoms. The van der Waals surface area contributed by atoms with Gasteiger partial charge in [-0.05, 0) is 37.3 Å². The van der Waals surface area contributed by atoms with Crippen LogP contribution in [-0.2, 0) is 11.3 Å². The molecule has 1 aromatic heterocycles. The smallest absolute Gasteiger partial charge is 0.242 e. The Morgan fingerprint density at radius 2 is 2.41 bits per heavy atom. The largest absolute Gasteiger partial charge is 0.338 e. The Kier molecular flexibility index (Phi) is 4.05. The van der Waals surface area contributed by atoms with Crippen molar-refractivity contribution in [1.29, 1.82) is 0 Å². The topological polar surface area (TPSA) is 38.1 Å². The van der Waals surface area contributed by atoms with E-state index in [9.17, 15) is 4.79 Å². The number of likely N-dealkylation sites (tertiary alicyclic amines) is 1. The predicted molar refractivity (Wildman–Crippen MR) is 66.9 cm³/mol. The summed E-state index contributed by atoms with van der Waals surface area (Å²) in [6.07, 6.45) is 7.85. The molecule has 0 aromatic carbocycles. The van der Waals surface area contributed by atoms with Gasteiger partial charge in [0.25, 0.3) is 0 Å². The molecule has 1 aliphatic rings. The van der Waals surface area contributed by atoms with Crippen LogP contribution in [0.2, 0.25) is 5.28 Å². The molecule has 1 fully saturated rings.